The first-order valence-electron chi connectivity index (χ1n) is 3.86. The lowest BCUT2D eigenvalue weighted by Gasteiger charge is -2.03. The van der Waals surface area contributed by atoms with Crippen LogP contribution >= 0.6 is 11.6 Å². The van der Waals surface area contributed by atoms with Crippen molar-refractivity contribution >= 4 is 17.4 Å². The van der Waals surface area contributed by atoms with E-state index in [0.717, 1.165) is 16.8 Å². The van der Waals surface area contributed by atoms with Crippen LogP contribution < -0.4 is 0 Å². The fraction of sp³-hybridized carbons (Fsp3) is 0.286. The third kappa shape index (κ3) is 1.87. The fourth-order valence-electron chi connectivity index (χ4n) is 1.04. The molecule has 15 heavy (non-hydrogen) atoms. The zero-order valence-corrected chi connectivity index (χ0v) is 7.92. The maximum atomic E-state index is 12.3. The molecule has 2 aromatic heterocycles. The Morgan fingerprint density at radius 3 is 2.67 bits per heavy atom. The molecule has 0 bridgehead atoms. The predicted octanol–water partition coefficient (Wildman–Crippen LogP) is 1.88. The second-order valence-electron chi connectivity index (χ2n) is 2.72. The van der Waals surface area contributed by atoms with Crippen LogP contribution in [0.5, 0.6) is 0 Å². The number of halogens is 4. The van der Waals surface area contributed by atoms with Crippen molar-refractivity contribution in [2.75, 3.05) is 0 Å². The van der Waals surface area contributed by atoms with Gasteiger partial charge in [-0.1, -0.05) is 0 Å². The average Bonchev–Trinajstić information content (AvgIpc) is 2.57. The van der Waals surface area contributed by atoms with Crippen molar-refractivity contribution in [2.24, 2.45) is 0 Å². The minimum atomic E-state index is -4.48. The number of hydrogen-bond donors (Lipinski definition) is 0. The van der Waals surface area contributed by atoms with Gasteiger partial charge in [-0.2, -0.15) is 18.2 Å². The molecular formula is C7H4ClF3N4. The Hall–Kier alpha value is -1.37. The van der Waals surface area contributed by atoms with Crippen molar-refractivity contribution in [1.82, 2.24) is 19.6 Å². The summed E-state index contributed by atoms with van der Waals surface area (Å²) in [7, 11) is 0. The van der Waals surface area contributed by atoms with Crippen LogP contribution in [-0.4, -0.2) is 19.6 Å². The summed E-state index contributed by atoms with van der Waals surface area (Å²) in [6.45, 7) is 0. The van der Waals surface area contributed by atoms with E-state index >= 15 is 0 Å². The lowest BCUT2D eigenvalue weighted by atomic mass is 10.4. The van der Waals surface area contributed by atoms with E-state index in [1.54, 1.807) is 0 Å². The lowest BCUT2D eigenvalue weighted by molar-refractivity contribution is -0.141. The van der Waals surface area contributed by atoms with Crippen molar-refractivity contribution in [3.8, 4) is 0 Å². The molecule has 0 aliphatic heterocycles. The van der Waals surface area contributed by atoms with Gasteiger partial charge < -0.3 is 0 Å². The largest absolute Gasteiger partial charge is 0.433 e. The van der Waals surface area contributed by atoms with Gasteiger partial charge in [-0.3, -0.25) is 0 Å². The van der Waals surface area contributed by atoms with E-state index < -0.39 is 11.9 Å². The SMILES string of the molecule is FC(F)(F)c1ccn2nc(CCl)nc2n1. The van der Waals surface area contributed by atoms with Crippen LogP contribution in [0.3, 0.4) is 0 Å². The van der Waals surface area contributed by atoms with Crippen LogP contribution in [0, 0.1) is 0 Å². The summed E-state index contributed by atoms with van der Waals surface area (Å²) in [6, 6.07) is 0.833. The van der Waals surface area contributed by atoms with Gasteiger partial charge in [-0.15, -0.1) is 16.7 Å². The van der Waals surface area contributed by atoms with Crippen LogP contribution in [0.2, 0.25) is 0 Å². The Kier molecular flexibility index (Phi) is 2.26. The van der Waals surface area contributed by atoms with Crippen LogP contribution in [0.1, 0.15) is 11.5 Å². The number of alkyl halides is 4. The van der Waals surface area contributed by atoms with E-state index in [-0.39, 0.29) is 17.5 Å². The molecule has 0 unspecified atom stereocenters. The van der Waals surface area contributed by atoms with Crippen LogP contribution in [0.15, 0.2) is 12.3 Å². The lowest BCUT2D eigenvalue weighted by Crippen LogP contribution is -2.09. The smallest absolute Gasteiger partial charge is 0.206 e. The quantitative estimate of drug-likeness (QED) is 0.710. The molecule has 2 aromatic rings. The Morgan fingerprint density at radius 1 is 1.33 bits per heavy atom. The molecule has 0 spiro atoms. The van der Waals surface area contributed by atoms with E-state index in [1.165, 1.54) is 0 Å². The predicted molar refractivity (Wildman–Crippen MR) is 45.3 cm³/mol. The van der Waals surface area contributed by atoms with Crippen molar-refractivity contribution in [3.05, 3.63) is 23.8 Å². The summed E-state index contributed by atoms with van der Waals surface area (Å²) in [4.78, 5) is 7.03. The van der Waals surface area contributed by atoms with E-state index in [2.05, 4.69) is 15.1 Å². The summed E-state index contributed by atoms with van der Waals surface area (Å²) in [5.41, 5.74) is -0.997. The molecule has 0 amide bonds. The highest BCUT2D eigenvalue weighted by Gasteiger charge is 2.32. The summed E-state index contributed by atoms with van der Waals surface area (Å²) < 4.78 is 37.9. The van der Waals surface area contributed by atoms with Gasteiger partial charge in [0.1, 0.15) is 5.69 Å². The normalized spacial score (nSPS) is 12.3. The number of aromatic nitrogens is 4. The highest BCUT2D eigenvalue weighted by atomic mass is 35.5. The summed E-state index contributed by atoms with van der Waals surface area (Å²) >= 11 is 5.44. The minimum Gasteiger partial charge on any atom is -0.206 e. The first-order valence-corrected chi connectivity index (χ1v) is 4.39. The second-order valence-corrected chi connectivity index (χ2v) is 2.98. The molecule has 2 rings (SSSR count). The minimum absolute atomic E-state index is 0.0325. The van der Waals surface area contributed by atoms with Gasteiger partial charge in [0.2, 0.25) is 0 Å². The Labute approximate surface area is 86.7 Å². The van der Waals surface area contributed by atoms with Gasteiger partial charge in [0, 0.05) is 6.20 Å². The molecule has 0 atom stereocenters. The Balaban J connectivity index is 2.55. The zero-order valence-electron chi connectivity index (χ0n) is 7.16. The van der Waals surface area contributed by atoms with Crippen molar-refractivity contribution < 1.29 is 13.2 Å². The monoisotopic (exact) mass is 236 g/mol. The third-order valence-corrected chi connectivity index (χ3v) is 1.90. The number of hydrogen-bond acceptors (Lipinski definition) is 3. The zero-order chi connectivity index (χ0) is 11.1. The maximum Gasteiger partial charge on any atom is 0.433 e. The van der Waals surface area contributed by atoms with Crippen molar-refractivity contribution in [3.63, 3.8) is 0 Å². The van der Waals surface area contributed by atoms with Gasteiger partial charge in [-0.05, 0) is 6.07 Å². The van der Waals surface area contributed by atoms with Crippen LogP contribution in [0.4, 0.5) is 13.2 Å². The molecule has 0 radical (unpaired) electrons. The third-order valence-electron chi connectivity index (χ3n) is 1.66. The number of rotatable bonds is 1. The van der Waals surface area contributed by atoms with Gasteiger partial charge in [0.05, 0.1) is 5.88 Å². The van der Waals surface area contributed by atoms with E-state index in [0.29, 0.717) is 0 Å². The number of fused-ring (bicyclic) bond motifs is 1. The van der Waals surface area contributed by atoms with Crippen molar-refractivity contribution in [2.45, 2.75) is 12.1 Å². The average molecular weight is 237 g/mol. The second kappa shape index (κ2) is 3.34. The fourth-order valence-corrected chi connectivity index (χ4v) is 1.15. The first-order chi connectivity index (χ1) is 7.00. The summed E-state index contributed by atoms with van der Waals surface area (Å²) in [6.07, 6.45) is -3.33. The standard InChI is InChI=1S/C7H4ClF3N4/c8-3-5-13-6-12-4(7(9,10)11)1-2-15(6)14-5/h1-2H,3H2. The number of nitrogens with zero attached hydrogens (tertiary/aromatic N) is 4. The summed E-state index contributed by atoms with van der Waals surface area (Å²) in [5.74, 6) is 0.161. The molecule has 4 nitrogen and oxygen atoms in total. The Morgan fingerprint density at radius 2 is 2.07 bits per heavy atom. The molecule has 0 N–H and O–H groups in total. The molecular weight excluding hydrogens is 233 g/mol. The molecule has 0 aliphatic rings. The molecule has 0 saturated carbocycles. The van der Waals surface area contributed by atoms with Gasteiger partial charge in [0.15, 0.2) is 5.82 Å². The Bertz CT molecular complexity index is 492. The summed E-state index contributed by atoms with van der Waals surface area (Å²) in [5, 5.41) is 3.80. The molecule has 0 saturated heterocycles. The van der Waals surface area contributed by atoms with E-state index in [4.69, 9.17) is 11.6 Å². The van der Waals surface area contributed by atoms with E-state index in [1.807, 2.05) is 0 Å². The topological polar surface area (TPSA) is 43.1 Å². The molecule has 0 fully saturated rings. The van der Waals surface area contributed by atoms with Crippen LogP contribution in [0.25, 0.3) is 5.78 Å². The molecule has 0 aromatic carbocycles. The van der Waals surface area contributed by atoms with Crippen LogP contribution in [-0.2, 0) is 12.1 Å². The van der Waals surface area contributed by atoms with Gasteiger partial charge >= 0.3 is 6.18 Å². The highest BCUT2D eigenvalue weighted by molar-refractivity contribution is 6.16. The van der Waals surface area contributed by atoms with Gasteiger partial charge in [0.25, 0.3) is 5.78 Å². The first kappa shape index (κ1) is 10.2. The molecule has 0 aliphatic carbocycles. The van der Waals surface area contributed by atoms with Gasteiger partial charge in [-0.25, -0.2) is 9.50 Å². The van der Waals surface area contributed by atoms with Crippen molar-refractivity contribution in [1.29, 1.82) is 0 Å². The molecule has 2 heterocycles. The molecule has 8 heteroatoms. The maximum absolute atomic E-state index is 12.3. The molecule has 80 valence electrons. The van der Waals surface area contributed by atoms with E-state index in [9.17, 15) is 13.2 Å². The highest BCUT2D eigenvalue weighted by Crippen LogP contribution is 2.27.